The van der Waals surface area contributed by atoms with E-state index in [0.29, 0.717) is 23.6 Å². The molecular formula is C23H27ClN2O5S. The molecule has 1 N–H and O–H groups in total. The van der Waals surface area contributed by atoms with Crippen LogP contribution >= 0.6 is 11.6 Å². The summed E-state index contributed by atoms with van der Waals surface area (Å²) in [5.41, 5.74) is 1.79. The van der Waals surface area contributed by atoms with Gasteiger partial charge in [-0.05, 0) is 68.1 Å². The molecular weight excluding hydrogens is 452 g/mol. The van der Waals surface area contributed by atoms with Gasteiger partial charge < -0.3 is 10.1 Å². The van der Waals surface area contributed by atoms with Crippen molar-refractivity contribution in [2.45, 2.75) is 44.1 Å². The molecule has 2 aromatic rings. The van der Waals surface area contributed by atoms with Crippen molar-refractivity contribution < 1.29 is 22.7 Å². The van der Waals surface area contributed by atoms with Gasteiger partial charge in [0.2, 0.25) is 10.0 Å². The molecule has 1 aliphatic rings. The Hall–Kier alpha value is -2.42. The minimum Gasteiger partial charge on any atom is -0.452 e. The molecule has 0 aromatic heterocycles. The van der Waals surface area contributed by atoms with Crippen LogP contribution < -0.4 is 5.32 Å². The van der Waals surface area contributed by atoms with Crippen LogP contribution in [0.4, 0.5) is 5.69 Å². The van der Waals surface area contributed by atoms with Gasteiger partial charge in [0.1, 0.15) is 0 Å². The average molecular weight is 479 g/mol. The summed E-state index contributed by atoms with van der Waals surface area (Å²) in [6.07, 6.45) is 0.614. The second-order valence-corrected chi connectivity index (χ2v) is 10.1. The first-order valence-electron chi connectivity index (χ1n) is 10.6. The van der Waals surface area contributed by atoms with E-state index in [2.05, 4.69) is 5.32 Å². The van der Waals surface area contributed by atoms with E-state index in [1.54, 1.807) is 0 Å². The third-order valence-corrected chi connectivity index (χ3v) is 7.70. The van der Waals surface area contributed by atoms with Crippen molar-refractivity contribution in [1.29, 1.82) is 0 Å². The number of ether oxygens (including phenoxy) is 1. The summed E-state index contributed by atoms with van der Waals surface area (Å²) < 4.78 is 32.3. The number of anilines is 1. The molecule has 2 aromatic carbocycles. The van der Waals surface area contributed by atoms with E-state index in [1.807, 2.05) is 31.2 Å². The fourth-order valence-electron chi connectivity index (χ4n) is 3.48. The predicted molar refractivity (Wildman–Crippen MR) is 123 cm³/mol. The van der Waals surface area contributed by atoms with E-state index in [9.17, 15) is 18.0 Å². The lowest BCUT2D eigenvalue weighted by Gasteiger charge is -2.30. The maximum atomic E-state index is 12.8. The van der Waals surface area contributed by atoms with Crippen molar-refractivity contribution in [3.63, 3.8) is 0 Å². The highest BCUT2D eigenvalue weighted by Gasteiger charge is 2.34. The SMILES string of the molecule is CCc1ccc(NC(=O)C(C)OC(=O)C2CCN(S(=O)(=O)c3ccc(Cl)cc3)CC2)cc1. The van der Waals surface area contributed by atoms with Gasteiger partial charge in [-0.25, -0.2) is 8.42 Å². The van der Waals surface area contributed by atoms with E-state index >= 15 is 0 Å². The Morgan fingerprint density at radius 3 is 2.25 bits per heavy atom. The Morgan fingerprint density at radius 1 is 1.09 bits per heavy atom. The Morgan fingerprint density at radius 2 is 1.69 bits per heavy atom. The smallest absolute Gasteiger partial charge is 0.309 e. The number of benzene rings is 2. The Bertz CT molecular complexity index is 1050. The summed E-state index contributed by atoms with van der Waals surface area (Å²) in [6.45, 7) is 3.98. The van der Waals surface area contributed by atoms with Gasteiger partial charge in [-0.15, -0.1) is 0 Å². The minimum absolute atomic E-state index is 0.167. The summed E-state index contributed by atoms with van der Waals surface area (Å²) in [6, 6.07) is 13.5. The van der Waals surface area contributed by atoms with Crippen molar-refractivity contribution in [3.05, 3.63) is 59.1 Å². The van der Waals surface area contributed by atoms with Gasteiger partial charge in [0, 0.05) is 23.8 Å². The number of rotatable bonds is 7. The number of piperidine rings is 1. The van der Waals surface area contributed by atoms with E-state index in [-0.39, 0.29) is 18.0 Å². The molecule has 1 atom stereocenters. The van der Waals surface area contributed by atoms with Crippen LogP contribution in [0.3, 0.4) is 0 Å². The summed E-state index contributed by atoms with van der Waals surface area (Å²) in [5, 5.41) is 3.20. The van der Waals surface area contributed by atoms with E-state index < -0.39 is 33.9 Å². The molecule has 7 nitrogen and oxygen atoms in total. The largest absolute Gasteiger partial charge is 0.452 e. The fourth-order valence-corrected chi connectivity index (χ4v) is 5.07. The lowest BCUT2D eigenvalue weighted by atomic mass is 9.98. The number of aryl methyl sites for hydroxylation is 1. The number of hydrogen-bond donors (Lipinski definition) is 1. The van der Waals surface area contributed by atoms with Gasteiger partial charge in [-0.3, -0.25) is 9.59 Å². The molecule has 32 heavy (non-hydrogen) atoms. The average Bonchev–Trinajstić information content (AvgIpc) is 2.79. The monoisotopic (exact) mass is 478 g/mol. The lowest BCUT2D eigenvalue weighted by molar-refractivity contribution is -0.158. The van der Waals surface area contributed by atoms with Crippen molar-refractivity contribution in [2.75, 3.05) is 18.4 Å². The van der Waals surface area contributed by atoms with Crippen LogP contribution in [0.1, 0.15) is 32.3 Å². The predicted octanol–water partition coefficient (Wildman–Crippen LogP) is 3.87. The van der Waals surface area contributed by atoms with Crippen LogP contribution in [0, 0.1) is 5.92 Å². The van der Waals surface area contributed by atoms with Crippen LogP contribution in [0.15, 0.2) is 53.4 Å². The fraction of sp³-hybridized carbons (Fsp3) is 0.391. The maximum absolute atomic E-state index is 12.8. The molecule has 1 unspecified atom stereocenters. The van der Waals surface area contributed by atoms with Crippen LogP contribution in [0.25, 0.3) is 0 Å². The van der Waals surface area contributed by atoms with Crippen molar-refractivity contribution in [1.82, 2.24) is 4.31 Å². The topological polar surface area (TPSA) is 92.8 Å². The Kier molecular flexibility index (Phi) is 7.92. The standard InChI is InChI=1S/C23H27ClN2O5S/c1-3-17-4-8-20(9-5-17)25-22(27)16(2)31-23(28)18-12-14-26(15-13-18)32(29,30)21-10-6-19(24)7-11-21/h4-11,16,18H,3,12-15H2,1-2H3,(H,25,27). The zero-order chi connectivity index (χ0) is 23.3. The van der Waals surface area contributed by atoms with E-state index in [4.69, 9.17) is 16.3 Å². The van der Waals surface area contributed by atoms with Gasteiger partial charge >= 0.3 is 5.97 Å². The molecule has 172 valence electrons. The number of sulfonamides is 1. The highest BCUT2D eigenvalue weighted by molar-refractivity contribution is 7.89. The minimum atomic E-state index is -3.65. The van der Waals surface area contributed by atoms with Crippen LogP contribution in [-0.2, 0) is 30.8 Å². The number of amides is 1. The molecule has 1 amide bonds. The van der Waals surface area contributed by atoms with Gasteiger partial charge in [0.25, 0.3) is 5.91 Å². The molecule has 1 heterocycles. The first-order chi connectivity index (χ1) is 15.2. The quantitative estimate of drug-likeness (QED) is 0.610. The highest BCUT2D eigenvalue weighted by Crippen LogP contribution is 2.26. The number of halogens is 1. The summed E-state index contributed by atoms with van der Waals surface area (Å²) >= 11 is 5.83. The first kappa shape index (κ1) is 24.2. The molecule has 1 saturated heterocycles. The van der Waals surface area contributed by atoms with Crippen molar-refractivity contribution in [2.24, 2.45) is 5.92 Å². The van der Waals surface area contributed by atoms with Gasteiger partial charge in [0.05, 0.1) is 10.8 Å². The number of hydrogen-bond acceptors (Lipinski definition) is 5. The van der Waals surface area contributed by atoms with Crippen molar-refractivity contribution >= 4 is 39.2 Å². The maximum Gasteiger partial charge on any atom is 0.309 e. The first-order valence-corrected chi connectivity index (χ1v) is 12.4. The molecule has 0 saturated carbocycles. The molecule has 0 aliphatic carbocycles. The molecule has 1 aliphatic heterocycles. The number of nitrogens with one attached hydrogen (secondary N) is 1. The number of nitrogens with zero attached hydrogens (tertiary/aromatic N) is 1. The number of esters is 1. The molecule has 1 fully saturated rings. The van der Waals surface area contributed by atoms with Gasteiger partial charge in [0.15, 0.2) is 6.10 Å². The highest BCUT2D eigenvalue weighted by atomic mass is 35.5. The summed E-state index contributed by atoms with van der Waals surface area (Å²) in [4.78, 5) is 25.1. The van der Waals surface area contributed by atoms with Crippen molar-refractivity contribution in [3.8, 4) is 0 Å². The van der Waals surface area contributed by atoms with Crippen LogP contribution in [-0.4, -0.2) is 43.8 Å². The Balaban J connectivity index is 1.51. The molecule has 3 rings (SSSR count). The number of carbonyl (C=O) groups is 2. The molecule has 0 spiro atoms. The second kappa shape index (κ2) is 10.5. The molecule has 0 radical (unpaired) electrons. The van der Waals surface area contributed by atoms with Crippen LogP contribution in [0.2, 0.25) is 5.02 Å². The summed E-state index contributed by atoms with van der Waals surface area (Å²) in [7, 11) is -3.65. The van der Waals surface area contributed by atoms with Gasteiger partial charge in [-0.1, -0.05) is 30.7 Å². The molecule has 0 bridgehead atoms. The summed E-state index contributed by atoms with van der Waals surface area (Å²) in [5.74, 6) is -1.35. The van der Waals surface area contributed by atoms with E-state index in [1.165, 1.54) is 35.5 Å². The molecule has 9 heteroatoms. The zero-order valence-electron chi connectivity index (χ0n) is 18.1. The second-order valence-electron chi connectivity index (χ2n) is 7.75. The third kappa shape index (κ3) is 5.88. The van der Waals surface area contributed by atoms with E-state index in [0.717, 1.165) is 12.0 Å². The van der Waals surface area contributed by atoms with Crippen LogP contribution in [0.5, 0.6) is 0 Å². The normalized spacial score (nSPS) is 16.3. The zero-order valence-corrected chi connectivity index (χ0v) is 19.7. The van der Waals surface area contributed by atoms with Gasteiger partial charge in [-0.2, -0.15) is 4.31 Å². The third-order valence-electron chi connectivity index (χ3n) is 5.53. The lowest BCUT2D eigenvalue weighted by Crippen LogP contribution is -2.41. The Labute approximate surface area is 193 Å². The number of carbonyl (C=O) groups excluding carboxylic acids is 2.